The van der Waals surface area contributed by atoms with Gasteiger partial charge in [0.2, 0.25) is 0 Å². The maximum Gasteiger partial charge on any atom is 0.101 e. The Morgan fingerprint density at radius 2 is 2.20 bits per heavy atom. The molecule has 0 aromatic carbocycles. The number of hydrogen-bond acceptors (Lipinski definition) is 3. The molecule has 0 amide bonds. The minimum absolute atomic E-state index is 0.587. The summed E-state index contributed by atoms with van der Waals surface area (Å²) >= 11 is 1.82. The Morgan fingerprint density at radius 1 is 1.47 bits per heavy atom. The van der Waals surface area contributed by atoms with Crippen LogP contribution in [0, 0.1) is 12.8 Å². The summed E-state index contributed by atoms with van der Waals surface area (Å²) in [5.41, 5.74) is 8.18. The molecule has 0 aliphatic rings. The van der Waals surface area contributed by atoms with E-state index in [9.17, 15) is 0 Å². The second-order valence-corrected chi connectivity index (χ2v) is 5.23. The molecule has 0 aliphatic heterocycles. The highest BCUT2D eigenvalue weighted by atomic mass is 32.2. The van der Waals surface area contributed by atoms with Crippen molar-refractivity contribution in [3.8, 4) is 0 Å². The molecule has 2 nitrogen and oxygen atoms in total. The van der Waals surface area contributed by atoms with Crippen LogP contribution in [0.1, 0.15) is 31.4 Å². The molecule has 0 aliphatic carbocycles. The van der Waals surface area contributed by atoms with Crippen molar-refractivity contribution in [1.82, 2.24) is 4.98 Å². The third kappa shape index (κ3) is 3.84. The van der Waals surface area contributed by atoms with Gasteiger partial charge in [-0.3, -0.25) is 0 Å². The first-order chi connectivity index (χ1) is 7.15. The van der Waals surface area contributed by atoms with Crippen LogP contribution in [0.25, 0.3) is 0 Å². The largest absolute Gasteiger partial charge is 0.326 e. The molecule has 0 saturated carbocycles. The van der Waals surface area contributed by atoms with E-state index in [0.29, 0.717) is 6.54 Å². The number of hydrogen-bond donors (Lipinski definition) is 1. The first kappa shape index (κ1) is 12.5. The van der Waals surface area contributed by atoms with Gasteiger partial charge in [-0.1, -0.05) is 13.8 Å². The van der Waals surface area contributed by atoms with Gasteiger partial charge in [-0.25, -0.2) is 4.98 Å². The Labute approximate surface area is 96.7 Å². The van der Waals surface area contributed by atoms with E-state index in [-0.39, 0.29) is 0 Å². The smallest absolute Gasteiger partial charge is 0.101 e. The van der Waals surface area contributed by atoms with Gasteiger partial charge in [0.15, 0.2) is 0 Å². The first-order valence-corrected chi connectivity index (χ1v) is 6.41. The fourth-order valence-electron chi connectivity index (χ4n) is 1.33. The summed E-state index contributed by atoms with van der Waals surface area (Å²) in [6.45, 7) is 7.17. The van der Waals surface area contributed by atoms with Crippen molar-refractivity contribution in [3.63, 3.8) is 0 Å². The summed E-state index contributed by atoms with van der Waals surface area (Å²) in [7, 11) is 0. The molecule has 1 rings (SSSR count). The van der Waals surface area contributed by atoms with E-state index in [2.05, 4.69) is 25.8 Å². The lowest BCUT2D eigenvalue weighted by atomic mass is 10.2. The highest BCUT2D eigenvalue weighted by Crippen LogP contribution is 2.23. The monoisotopic (exact) mass is 224 g/mol. The minimum atomic E-state index is 0.587. The zero-order valence-corrected chi connectivity index (χ0v) is 10.6. The molecule has 2 N–H and O–H groups in total. The van der Waals surface area contributed by atoms with E-state index >= 15 is 0 Å². The zero-order chi connectivity index (χ0) is 11.3. The van der Waals surface area contributed by atoms with Crippen molar-refractivity contribution in [3.05, 3.63) is 23.4 Å². The number of aromatic nitrogens is 1. The van der Waals surface area contributed by atoms with Crippen LogP contribution in [0.15, 0.2) is 17.3 Å². The molecular formula is C12H20N2S. The Hall–Kier alpha value is -0.540. The molecule has 1 heterocycles. The molecule has 84 valence electrons. The quantitative estimate of drug-likeness (QED) is 0.781. The van der Waals surface area contributed by atoms with E-state index in [1.165, 1.54) is 17.5 Å². The van der Waals surface area contributed by atoms with Gasteiger partial charge >= 0.3 is 0 Å². The van der Waals surface area contributed by atoms with E-state index in [0.717, 1.165) is 16.7 Å². The number of rotatable bonds is 5. The van der Waals surface area contributed by atoms with Crippen molar-refractivity contribution in [1.29, 1.82) is 0 Å². The van der Waals surface area contributed by atoms with Crippen LogP contribution in [-0.4, -0.2) is 10.7 Å². The SMILES string of the molecule is Cc1ccnc(SCCC(C)C)c1CN. The molecule has 0 unspecified atom stereocenters. The van der Waals surface area contributed by atoms with Gasteiger partial charge in [0, 0.05) is 18.3 Å². The highest BCUT2D eigenvalue weighted by Gasteiger charge is 2.06. The lowest BCUT2D eigenvalue weighted by Gasteiger charge is -2.09. The average molecular weight is 224 g/mol. The van der Waals surface area contributed by atoms with Gasteiger partial charge < -0.3 is 5.73 Å². The molecule has 3 heteroatoms. The Morgan fingerprint density at radius 3 is 2.80 bits per heavy atom. The molecule has 0 radical (unpaired) electrons. The molecule has 0 bridgehead atoms. The maximum atomic E-state index is 5.73. The van der Waals surface area contributed by atoms with Crippen LogP contribution in [0.2, 0.25) is 0 Å². The molecular weight excluding hydrogens is 204 g/mol. The topological polar surface area (TPSA) is 38.9 Å². The van der Waals surface area contributed by atoms with Gasteiger partial charge in [0.25, 0.3) is 0 Å². The second kappa shape index (κ2) is 6.13. The summed E-state index contributed by atoms with van der Waals surface area (Å²) in [6.07, 6.45) is 3.09. The van der Waals surface area contributed by atoms with Crippen molar-refractivity contribution in [2.24, 2.45) is 11.7 Å². The molecule has 0 atom stereocenters. The maximum absolute atomic E-state index is 5.73. The predicted molar refractivity (Wildman–Crippen MR) is 67.0 cm³/mol. The standard InChI is InChI=1S/C12H20N2S/c1-9(2)5-7-15-12-11(8-13)10(3)4-6-14-12/h4,6,9H,5,7-8,13H2,1-3H3. The van der Waals surface area contributed by atoms with Gasteiger partial charge in [-0.2, -0.15) is 0 Å². The number of aryl methyl sites for hydroxylation is 1. The Balaban J connectivity index is 2.64. The van der Waals surface area contributed by atoms with Crippen LogP contribution >= 0.6 is 11.8 Å². The van der Waals surface area contributed by atoms with Crippen molar-refractivity contribution < 1.29 is 0 Å². The van der Waals surface area contributed by atoms with Crippen molar-refractivity contribution in [2.75, 3.05) is 5.75 Å². The van der Waals surface area contributed by atoms with E-state index in [1.807, 2.05) is 24.0 Å². The summed E-state index contributed by atoms with van der Waals surface area (Å²) in [4.78, 5) is 4.39. The predicted octanol–water partition coefficient (Wildman–Crippen LogP) is 2.99. The van der Waals surface area contributed by atoms with Gasteiger partial charge in [-0.05, 0) is 36.6 Å². The Bertz CT molecular complexity index is 310. The highest BCUT2D eigenvalue weighted by molar-refractivity contribution is 7.99. The van der Waals surface area contributed by atoms with Crippen LogP contribution in [0.5, 0.6) is 0 Å². The van der Waals surface area contributed by atoms with E-state index in [4.69, 9.17) is 5.73 Å². The van der Waals surface area contributed by atoms with Crippen LogP contribution in [0.4, 0.5) is 0 Å². The molecule has 1 aromatic rings. The van der Waals surface area contributed by atoms with Crippen molar-refractivity contribution >= 4 is 11.8 Å². The number of thioether (sulfide) groups is 1. The van der Waals surface area contributed by atoms with E-state index in [1.54, 1.807) is 0 Å². The lowest BCUT2D eigenvalue weighted by Crippen LogP contribution is -2.03. The molecule has 1 aromatic heterocycles. The number of nitrogens with zero attached hydrogens (tertiary/aromatic N) is 1. The van der Waals surface area contributed by atoms with Gasteiger partial charge in [-0.15, -0.1) is 11.8 Å². The fraction of sp³-hybridized carbons (Fsp3) is 0.583. The summed E-state index contributed by atoms with van der Waals surface area (Å²) in [6, 6.07) is 2.02. The Kier molecular flexibility index (Phi) is 5.12. The zero-order valence-electron chi connectivity index (χ0n) is 9.79. The molecule has 0 fully saturated rings. The second-order valence-electron chi connectivity index (χ2n) is 4.15. The average Bonchev–Trinajstić information content (AvgIpc) is 2.17. The molecule has 0 saturated heterocycles. The summed E-state index contributed by atoms with van der Waals surface area (Å²) < 4.78 is 0. The molecule has 15 heavy (non-hydrogen) atoms. The van der Waals surface area contributed by atoms with Gasteiger partial charge in [0.1, 0.15) is 5.03 Å². The van der Waals surface area contributed by atoms with Crippen LogP contribution in [0.3, 0.4) is 0 Å². The fourth-order valence-corrected chi connectivity index (χ4v) is 2.66. The number of pyridine rings is 1. The first-order valence-electron chi connectivity index (χ1n) is 5.42. The summed E-state index contributed by atoms with van der Waals surface area (Å²) in [5.74, 6) is 1.88. The minimum Gasteiger partial charge on any atom is -0.326 e. The van der Waals surface area contributed by atoms with Crippen molar-refractivity contribution in [2.45, 2.75) is 38.8 Å². The van der Waals surface area contributed by atoms with Crippen LogP contribution < -0.4 is 5.73 Å². The molecule has 0 spiro atoms. The number of nitrogens with two attached hydrogens (primary N) is 1. The third-order valence-corrected chi connectivity index (χ3v) is 3.45. The third-order valence-electron chi connectivity index (χ3n) is 2.39. The summed E-state index contributed by atoms with van der Waals surface area (Å²) in [5, 5.41) is 1.11. The van der Waals surface area contributed by atoms with Gasteiger partial charge in [0.05, 0.1) is 0 Å². The lowest BCUT2D eigenvalue weighted by molar-refractivity contribution is 0.631. The van der Waals surface area contributed by atoms with Crippen LogP contribution in [-0.2, 0) is 6.54 Å². The van der Waals surface area contributed by atoms with E-state index < -0.39 is 0 Å². The normalized spacial score (nSPS) is 11.0.